The maximum atomic E-state index is 2.44. The van der Waals surface area contributed by atoms with Gasteiger partial charge in [-0.25, -0.2) is 0 Å². The summed E-state index contributed by atoms with van der Waals surface area (Å²) in [6, 6.07) is 0. The van der Waals surface area contributed by atoms with Gasteiger partial charge < -0.3 is 0 Å². The van der Waals surface area contributed by atoms with Gasteiger partial charge in [0.2, 0.25) is 0 Å². The first-order valence-corrected chi connectivity index (χ1v) is 15.1. The molecule has 0 aromatic heterocycles. The summed E-state index contributed by atoms with van der Waals surface area (Å²) in [4.78, 5) is 0. The number of rotatable bonds is 27. The van der Waals surface area contributed by atoms with E-state index in [0.717, 1.165) is 0 Å². The maximum absolute atomic E-state index is 2.44. The molecule has 0 spiro atoms. The molecule has 0 saturated heterocycles. The fraction of sp³-hybridized carbons (Fsp3) is 0.935. The molecular weight excluding hydrogens is 372 g/mol. The Morgan fingerprint density at radius 1 is 0.258 bits per heavy atom. The lowest BCUT2D eigenvalue weighted by molar-refractivity contribution is 0.523. The Labute approximate surface area is 199 Å². The first kappa shape index (κ1) is 30.7. The minimum Gasteiger partial charge on any atom is -0.0885 e. The Bertz CT molecular complexity index is 316. The largest absolute Gasteiger partial charge is 0.0885 e. The molecule has 0 heteroatoms. The predicted molar refractivity (Wildman–Crippen MR) is 145 cm³/mol. The van der Waals surface area contributed by atoms with E-state index in [4.69, 9.17) is 0 Å². The lowest BCUT2D eigenvalue weighted by atomic mass is 10.0. The Kier molecular flexibility index (Phi) is 29.5. The quantitative estimate of drug-likeness (QED) is 0.0890. The number of allylic oxidation sites excluding steroid dienone is 2. The molecule has 0 aromatic carbocycles. The van der Waals surface area contributed by atoms with Gasteiger partial charge in [0.25, 0.3) is 0 Å². The summed E-state index contributed by atoms with van der Waals surface area (Å²) in [7, 11) is 0. The fourth-order valence-electron chi connectivity index (χ4n) is 4.62. The zero-order chi connectivity index (χ0) is 22.5. The summed E-state index contributed by atoms with van der Waals surface area (Å²) in [6.07, 6.45) is 43.9. The van der Waals surface area contributed by atoms with Gasteiger partial charge in [0.05, 0.1) is 0 Å². The highest BCUT2D eigenvalue weighted by molar-refractivity contribution is 4.81. The SMILES string of the molecule is CCCCCCCCC=CCCCCCCCCCCCCCCCCCCCCC. The van der Waals surface area contributed by atoms with Crippen LogP contribution in [-0.2, 0) is 0 Å². The Morgan fingerprint density at radius 3 is 0.677 bits per heavy atom. The Balaban J connectivity index is 3.04. The van der Waals surface area contributed by atoms with E-state index in [0.29, 0.717) is 0 Å². The monoisotopic (exact) mass is 434 g/mol. The highest BCUT2D eigenvalue weighted by atomic mass is 14.0. The lowest BCUT2D eigenvalue weighted by Crippen LogP contribution is -1.84. The summed E-state index contributed by atoms with van der Waals surface area (Å²) in [5, 5.41) is 0. The van der Waals surface area contributed by atoms with Crippen LogP contribution in [0.5, 0.6) is 0 Å². The van der Waals surface area contributed by atoms with Crippen molar-refractivity contribution in [3.8, 4) is 0 Å². The van der Waals surface area contributed by atoms with Crippen LogP contribution in [-0.4, -0.2) is 0 Å². The predicted octanol–water partition coefficient (Wildman–Crippen LogP) is 12.1. The Morgan fingerprint density at radius 2 is 0.452 bits per heavy atom. The van der Waals surface area contributed by atoms with Crippen molar-refractivity contribution in [2.75, 3.05) is 0 Å². The lowest BCUT2D eigenvalue weighted by Gasteiger charge is -2.04. The van der Waals surface area contributed by atoms with Crippen LogP contribution in [0, 0.1) is 0 Å². The average molecular weight is 435 g/mol. The van der Waals surface area contributed by atoms with Crippen LogP contribution >= 0.6 is 0 Å². The van der Waals surface area contributed by atoms with Gasteiger partial charge in [-0.2, -0.15) is 0 Å². The molecule has 0 aromatic rings. The molecule has 0 bridgehead atoms. The second-order valence-electron chi connectivity index (χ2n) is 10.2. The van der Waals surface area contributed by atoms with E-state index in [1.54, 1.807) is 0 Å². The highest BCUT2D eigenvalue weighted by Crippen LogP contribution is 2.15. The summed E-state index contributed by atoms with van der Waals surface area (Å²) in [6.45, 7) is 4.60. The molecule has 0 atom stereocenters. The molecule has 0 aliphatic carbocycles. The van der Waals surface area contributed by atoms with Crippen LogP contribution in [0.15, 0.2) is 12.2 Å². The van der Waals surface area contributed by atoms with Gasteiger partial charge in [-0.05, 0) is 25.7 Å². The molecule has 0 fully saturated rings. The smallest absolute Gasteiger partial charge is 0.0351 e. The van der Waals surface area contributed by atoms with Gasteiger partial charge in [-0.3, -0.25) is 0 Å². The summed E-state index contributed by atoms with van der Waals surface area (Å²) in [5.41, 5.74) is 0. The second-order valence-corrected chi connectivity index (χ2v) is 10.2. The molecule has 0 nitrogen and oxygen atoms in total. The molecular formula is C31H62. The van der Waals surface area contributed by atoms with Crippen molar-refractivity contribution in [3.63, 3.8) is 0 Å². The fourth-order valence-corrected chi connectivity index (χ4v) is 4.62. The van der Waals surface area contributed by atoms with Gasteiger partial charge in [-0.15, -0.1) is 0 Å². The van der Waals surface area contributed by atoms with E-state index in [2.05, 4.69) is 26.0 Å². The van der Waals surface area contributed by atoms with E-state index in [1.807, 2.05) is 0 Å². The molecule has 0 saturated carbocycles. The third kappa shape index (κ3) is 29.7. The molecule has 31 heavy (non-hydrogen) atoms. The normalized spacial score (nSPS) is 11.7. The highest BCUT2D eigenvalue weighted by Gasteiger charge is 1.95. The third-order valence-electron chi connectivity index (χ3n) is 6.87. The molecule has 186 valence electrons. The van der Waals surface area contributed by atoms with Crippen LogP contribution in [0.25, 0.3) is 0 Å². The number of hydrogen-bond donors (Lipinski definition) is 0. The zero-order valence-electron chi connectivity index (χ0n) is 22.2. The summed E-state index contributed by atoms with van der Waals surface area (Å²) < 4.78 is 0. The van der Waals surface area contributed by atoms with Crippen molar-refractivity contribution < 1.29 is 0 Å². The van der Waals surface area contributed by atoms with Crippen LogP contribution in [0.4, 0.5) is 0 Å². The molecule has 0 N–H and O–H groups in total. The summed E-state index contributed by atoms with van der Waals surface area (Å²) >= 11 is 0. The van der Waals surface area contributed by atoms with E-state index < -0.39 is 0 Å². The van der Waals surface area contributed by atoms with E-state index in [9.17, 15) is 0 Å². The zero-order valence-corrected chi connectivity index (χ0v) is 22.2. The van der Waals surface area contributed by atoms with Crippen LogP contribution in [0.1, 0.15) is 187 Å². The standard InChI is InChI=1S/C31H62/c1-3-5-7-9-11-13-15-17-19-21-23-25-27-29-31-30-28-26-24-22-20-18-16-14-12-10-8-6-4-2/h17,19H,3-16,18,20-31H2,1-2H3. The van der Waals surface area contributed by atoms with Crippen LogP contribution in [0.3, 0.4) is 0 Å². The Hall–Kier alpha value is -0.260. The van der Waals surface area contributed by atoms with E-state index in [1.165, 1.54) is 173 Å². The first-order valence-electron chi connectivity index (χ1n) is 15.1. The van der Waals surface area contributed by atoms with Crippen molar-refractivity contribution in [1.82, 2.24) is 0 Å². The maximum Gasteiger partial charge on any atom is -0.0351 e. The number of unbranched alkanes of at least 4 members (excludes halogenated alkanes) is 25. The average Bonchev–Trinajstić information content (AvgIpc) is 2.78. The van der Waals surface area contributed by atoms with E-state index in [-0.39, 0.29) is 0 Å². The molecule has 0 heterocycles. The van der Waals surface area contributed by atoms with Gasteiger partial charge in [-0.1, -0.05) is 174 Å². The number of hydrogen-bond acceptors (Lipinski definition) is 0. The van der Waals surface area contributed by atoms with Gasteiger partial charge >= 0.3 is 0 Å². The molecule has 0 aliphatic rings. The van der Waals surface area contributed by atoms with Crippen LogP contribution in [0.2, 0.25) is 0 Å². The molecule has 0 rings (SSSR count). The molecule has 0 unspecified atom stereocenters. The minimum atomic E-state index is 1.31. The molecule has 0 radical (unpaired) electrons. The third-order valence-corrected chi connectivity index (χ3v) is 6.87. The van der Waals surface area contributed by atoms with Crippen molar-refractivity contribution in [3.05, 3.63) is 12.2 Å². The topological polar surface area (TPSA) is 0 Å². The van der Waals surface area contributed by atoms with E-state index >= 15 is 0 Å². The molecule has 0 aliphatic heterocycles. The van der Waals surface area contributed by atoms with Gasteiger partial charge in [0, 0.05) is 0 Å². The molecule has 0 amide bonds. The summed E-state index contributed by atoms with van der Waals surface area (Å²) in [5.74, 6) is 0. The van der Waals surface area contributed by atoms with Crippen LogP contribution < -0.4 is 0 Å². The first-order chi connectivity index (χ1) is 15.4. The van der Waals surface area contributed by atoms with Crippen molar-refractivity contribution in [1.29, 1.82) is 0 Å². The van der Waals surface area contributed by atoms with Crippen molar-refractivity contribution in [2.24, 2.45) is 0 Å². The van der Waals surface area contributed by atoms with Crippen molar-refractivity contribution >= 4 is 0 Å². The minimum absolute atomic E-state index is 1.31. The van der Waals surface area contributed by atoms with Crippen molar-refractivity contribution in [2.45, 2.75) is 187 Å². The van der Waals surface area contributed by atoms with Gasteiger partial charge in [0.1, 0.15) is 0 Å². The second kappa shape index (κ2) is 29.7. The van der Waals surface area contributed by atoms with Gasteiger partial charge in [0.15, 0.2) is 0 Å².